The van der Waals surface area contributed by atoms with Crippen LogP contribution in [-0.4, -0.2) is 37.6 Å². The number of amides is 1. The summed E-state index contributed by atoms with van der Waals surface area (Å²) in [4.78, 5) is 18.4. The van der Waals surface area contributed by atoms with E-state index in [1.165, 1.54) is 12.8 Å². The summed E-state index contributed by atoms with van der Waals surface area (Å²) < 4.78 is 0. The van der Waals surface area contributed by atoms with Gasteiger partial charge in [0.25, 0.3) is 0 Å². The fraction of sp³-hybridized carbons (Fsp3) is 0.625. The van der Waals surface area contributed by atoms with Gasteiger partial charge in [-0.3, -0.25) is 4.79 Å². The fourth-order valence-corrected chi connectivity index (χ4v) is 2.47. The number of pyridine rings is 1. The van der Waals surface area contributed by atoms with Crippen LogP contribution < -0.4 is 15.5 Å². The summed E-state index contributed by atoms with van der Waals surface area (Å²) in [5.74, 6) is 1.94. The summed E-state index contributed by atoms with van der Waals surface area (Å²) in [6, 6.07) is 4.11. The van der Waals surface area contributed by atoms with Crippen LogP contribution in [0.2, 0.25) is 0 Å². The Balaban J connectivity index is 0.00000242. The zero-order valence-corrected chi connectivity index (χ0v) is 15.5. The zero-order chi connectivity index (χ0) is 15.1. The normalized spacial score (nSPS) is 14.6. The molecule has 0 unspecified atom stereocenters. The number of piperidine rings is 1. The Hall–Kier alpha value is -1.04. The number of nitrogens with zero attached hydrogens (tertiary/aromatic N) is 2. The van der Waals surface area contributed by atoms with Gasteiger partial charge < -0.3 is 15.5 Å². The van der Waals surface area contributed by atoms with Gasteiger partial charge in [0, 0.05) is 38.8 Å². The van der Waals surface area contributed by atoms with Gasteiger partial charge in [0.2, 0.25) is 5.91 Å². The molecule has 1 aliphatic rings. The van der Waals surface area contributed by atoms with Crippen LogP contribution in [0.15, 0.2) is 18.3 Å². The highest BCUT2D eigenvalue weighted by molar-refractivity contribution is 5.85. The Morgan fingerprint density at radius 1 is 1.30 bits per heavy atom. The molecule has 0 spiro atoms. The van der Waals surface area contributed by atoms with Crippen molar-refractivity contribution < 1.29 is 4.79 Å². The van der Waals surface area contributed by atoms with E-state index in [1.54, 1.807) is 0 Å². The number of hydrogen-bond acceptors (Lipinski definition) is 4. The van der Waals surface area contributed by atoms with Crippen molar-refractivity contribution in [3.63, 3.8) is 0 Å². The number of hydrogen-bond donors (Lipinski definition) is 2. The molecule has 5 nitrogen and oxygen atoms in total. The van der Waals surface area contributed by atoms with E-state index in [4.69, 9.17) is 0 Å². The van der Waals surface area contributed by atoms with E-state index in [0.29, 0.717) is 19.5 Å². The average Bonchev–Trinajstić information content (AvgIpc) is 2.52. The Bertz CT molecular complexity index is 448. The van der Waals surface area contributed by atoms with Crippen molar-refractivity contribution in [3.8, 4) is 0 Å². The molecule has 132 valence electrons. The highest BCUT2D eigenvalue weighted by atomic mass is 35.5. The van der Waals surface area contributed by atoms with Gasteiger partial charge in [-0.05, 0) is 37.4 Å². The van der Waals surface area contributed by atoms with E-state index in [0.717, 1.165) is 30.4 Å². The molecule has 2 rings (SSSR count). The third-order valence-electron chi connectivity index (χ3n) is 4.01. The lowest BCUT2D eigenvalue weighted by Crippen LogP contribution is -2.33. The lowest BCUT2D eigenvalue weighted by molar-refractivity contribution is -0.121. The van der Waals surface area contributed by atoms with Crippen molar-refractivity contribution in [2.24, 2.45) is 5.92 Å². The van der Waals surface area contributed by atoms with Crippen LogP contribution in [0.3, 0.4) is 0 Å². The van der Waals surface area contributed by atoms with Gasteiger partial charge in [-0.1, -0.05) is 13.0 Å². The summed E-state index contributed by atoms with van der Waals surface area (Å²) in [7, 11) is 1.84. The monoisotopic (exact) mass is 362 g/mol. The van der Waals surface area contributed by atoms with Crippen molar-refractivity contribution in [1.29, 1.82) is 0 Å². The summed E-state index contributed by atoms with van der Waals surface area (Å²) >= 11 is 0. The highest BCUT2D eigenvalue weighted by Gasteiger charge is 2.16. The number of anilines is 1. The Morgan fingerprint density at radius 2 is 2.00 bits per heavy atom. The molecule has 1 amide bonds. The number of aromatic nitrogens is 1. The van der Waals surface area contributed by atoms with Gasteiger partial charge >= 0.3 is 0 Å². The fourth-order valence-electron chi connectivity index (χ4n) is 2.47. The predicted molar refractivity (Wildman–Crippen MR) is 99.7 cm³/mol. The summed E-state index contributed by atoms with van der Waals surface area (Å²) in [6.07, 6.45) is 4.86. The van der Waals surface area contributed by atoms with Gasteiger partial charge in [0.15, 0.2) is 0 Å². The van der Waals surface area contributed by atoms with E-state index in [1.807, 2.05) is 13.2 Å². The molecule has 0 atom stereocenters. The predicted octanol–water partition coefficient (Wildman–Crippen LogP) is 2.39. The standard InChI is InChI=1S/C16H26N4O.2ClH/c1-13-6-9-20(10-7-13)15-4-3-14(11-18-15)12-19-16(21)5-8-17-2;;/h3-4,11,13,17H,5-10,12H2,1-2H3,(H,19,21);2*1H. The van der Waals surface area contributed by atoms with E-state index in [-0.39, 0.29) is 30.7 Å². The molecule has 1 aromatic heterocycles. The first-order chi connectivity index (χ1) is 10.2. The molecule has 0 aliphatic carbocycles. The third-order valence-corrected chi connectivity index (χ3v) is 4.01. The van der Waals surface area contributed by atoms with Crippen molar-refractivity contribution in [3.05, 3.63) is 23.9 Å². The van der Waals surface area contributed by atoms with Crippen LogP contribution in [0.1, 0.15) is 31.7 Å². The minimum Gasteiger partial charge on any atom is -0.357 e. The summed E-state index contributed by atoms with van der Waals surface area (Å²) in [5.41, 5.74) is 1.04. The largest absolute Gasteiger partial charge is 0.357 e. The van der Waals surface area contributed by atoms with Crippen LogP contribution in [0, 0.1) is 5.92 Å². The Morgan fingerprint density at radius 3 is 2.57 bits per heavy atom. The van der Waals surface area contributed by atoms with Crippen molar-refractivity contribution in [2.45, 2.75) is 32.7 Å². The van der Waals surface area contributed by atoms with Gasteiger partial charge in [0.1, 0.15) is 5.82 Å². The number of carbonyl (C=O) groups excluding carboxylic acids is 1. The van der Waals surface area contributed by atoms with E-state index in [9.17, 15) is 4.79 Å². The number of halogens is 2. The Kier molecular flexibility index (Phi) is 11.0. The minimum absolute atomic E-state index is 0. The van der Waals surface area contributed by atoms with Gasteiger partial charge in [-0.25, -0.2) is 4.98 Å². The zero-order valence-electron chi connectivity index (χ0n) is 13.9. The summed E-state index contributed by atoms with van der Waals surface area (Å²) in [6.45, 7) is 5.75. The second-order valence-electron chi connectivity index (χ2n) is 5.82. The van der Waals surface area contributed by atoms with Crippen LogP contribution >= 0.6 is 24.8 Å². The molecule has 1 aliphatic heterocycles. The van der Waals surface area contributed by atoms with Crippen LogP contribution in [0.25, 0.3) is 0 Å². The first kappa shape index (κ1) is 22.0. The molecule has 1 saturated heterocycles. The lowest BCUT2D eigenvalue weighted by Gasteiger charge is -2.31. The Labute approximate surface area is 151 Å². The van der Waals surface area contributed by atoms with Gasteiger partial charge in [0.05, 0.1) is 0 Å². The molecule has 2 heterocycles. The summed E-state index contributed by atoms with van der Waals surface area (Å²) in [5, 5.41) is 5.87. The van der Waals surface area contributed by atoms with Crippen molar-refractivity contribution in [1.82, 2.24) is 15.6 Å². The number of nitrogens with one attached hydrogen (secondary N) is 2. The molecular formula is C16H28Cl2N4O. The van der Waals surface area contributed by atoms with Crippen molar-refractivity contribution >= 4 is 36.5 Å². The molecule has 0 aromatic carbocycles. The van der Waals surface area contributed by atoms with E-state index < -0.39 is 0 Å². The smallest absolute Gasteiger partial charge is 0.221 e. The molecular weight excluding hydrogens is 335 g/mol. The molecule has 2 N–H and O–H groups in total. The maximum absolute atomic E-state index is 11.5. The first-order valence-electron chi connectivity index (χ1n) is 7.80. The second-order valence-corrected chi connectivity index (χ2v) is 5.82. The third kappa shape index (κ3) is 7.38. The minimum atomic E-state index is 0. The highest BCUT2D eigenvalue weighted by Crippen LogP contribution is 2.21. The van der Waals surface area contributed by atoms with Gasteiger partial charge in [-0.15, -0.1) is 24.8 Å². The maximum Gasteiger partial charge on any atom is 0.221 e. The molecule has 0 bridgehead atoms. The molecule has 7 heteroatoms. The molecule has 1 aromatic rings. The molecule has 0 saturated carbocycles. The molecule has 1 fully saturated rings. The average molecular weight is 363 g/mol. The van der Waals surface area contributed by atoms with E-state index in [2.05, 4.69) is 39.6 Å². The molecule has 23 heavy (non-hydrogen) atoms. The van der Waals surface area contributed by atoms with Gasteiger partial charge in [-0.2, -0.15) is 0 Å². The maximum atomic E-state index is 11.5. The lowest BCUT2D eigenvalue weighted by atomic mass is 9.99. The van der Waals surface area contributed by atoms with Crippen LogP contribution in [0.4, 0.5) is 5.82 Å². The number of rotatable bonds is 6. The first-order valence-corrected chi connectivity index (χ1v) is 7.80. The topological polar surface area (TPSA) is 57.3 Å². The van der Waals surface area contributed by atoms with Crippen LogP contribution in [-0.2, 0) is 11.3 Å². The second kappa shape index (κ2) is 11.5. The molecule has 0 radical (unpaired) electrons. The van der Waals surface area contributed by atoms with Crippen molar-refractivity contribution in [2.75, 3.05) is 31.6 Å². The quantitative estimate of drug-likeness (QED) is 0.815. The number of carbonyl (C=O) groups is 1. The van der Waals surface area contributed by atoms with Crippen LogP contribution in [0.5, 0.6) is 0 Å². The van der Waals surface area contributed by atoms with E-state index >= 15 is 0 Å². The SMILES string of the molecule is CNCCC(=O)NCc1ccc(N2CCC(C)CC2)nc1.Cl.Cl.